The summed E-state index contributed by atoms with van der Waals surface area (Å²) in [5, 5.41) is 2.68. The number of nitrogens with zero attached hydrogens (tertiary/aromatic N) is 2. The number of carbonyl (C=O) groups is 2. The van der Waals surface area contributed by atoms with E-state index in [0.717, 1.165) is 4.47 Å². The molecule has 5 aromatic rings. The average molecular weight is 518 g/mol. The van der Waals surface area contributed by atoms with Crippen LogP contribution in [0.2, 0.25) is 0 Å². The van der Waals surface area contributed by atoms with Gasteiger partial charge in [-0.05, 0) is 70.5 Å². The first-order valence-corrected chi connectivity index (χ1v) is 11.0. The smallest absolute Gasteiger partial charge is 0.338 e. The highest BCUT2D eigenvalue weighted by molar-refractivity contribution is 9.10. The first-order chi connectivity index (χ1) is 16.6. The van der Waals surface area contributed by atoms with Gasteiger partial charge in [0.15, 0.2) is 18.1 Å². The summed E-state index contributed by atoms with van der Waals surface area (Å²) in [6.07, 6.45) is 3.10. The van der Waals surface area contributed by atoms with Crippen molar-refractivity contribution >= 4 is 44.5 Å². The molecule has 168 valence electrons. The number of hydrogen-bond acceptors (Lipinski definition) is 7. The molecular formula is C25H16BrN3O5. The Morgan fingerprint density at radius 2 is 1.53 bits per heavy atom. The zero-order valence-corrected chi connectivity index (χ0v) is 19.1. The molecule has 5 rings (SSSR count). The maximum Gasteiger partial charge on any atom is 0.338 e. The fraction of sp³-hybridized carbons (Fsp3) is 0.0400. The summed E-state index contributed by atoms with van der Waals surface area (Å²) in [5.74, 6) is -0.0532. The van der Waals surface area contributed by atoms with Gasteiger partial charge in [-0.2, -0.15) is 0 Å². The number of furan rings is 2. The van der Waals surface area contributed by atoms with Gasteiger partial charge >= 0.3 is 5.97 Å². The molecule has 0 aliphatic rings. The van der Waals surface area contributed by atoms with Crippen LogP contribution in [0.25, 0.3) is 33.9 Å². The minimum absolute atomic E-state index is 0.242. The molecule has 34 heavy (non-hydrogen) atoms. The van der Waals surface area contributed by atoms with Gasteiger partial charge in [-0.1, -0.05) is 12.1 Å². The van der Waals surface area contributed by atoms with Gasteiger partial charge in [0.1, 0.15) is 11.4 Å². The fourth-order valence-electron chi connectivity index (χ4n) is 3.31. The van der Waals surface area contributed by atoms with Crippen LogP contribution < -0.4 is 5.32 Å². The van der Waals surface area contributed by atoms with Crippen LogP contribution in [-0.4, -0.2) is 28.5 Å². The molecule has 1 amide bonds. The van der Waals surface area contributed by atoms with E-state index in [-0.39, 0.29) is 5.56 Å². The molecule has 0 bridgehead atoms. The number of esters is 1. The van der Waals surface area contributed by atoms with Crippen LogP contribution in [0.15, 0.2) is 92.6 Å². The summed E-state index contributed by atoms with van der Waals surface area (Å²) < 4.78 is 17.0. The number of halogens is 1. The van der Waals surface area contributed by atoms with Crippen LogP contribution in [0.1, 0.15) is 10.4 Å². The number of ether oxygens (including phenoxy) is 1. The molecule has 0 spiro atoms. The minimum atomic E-state index is -0.652. The van der Waals surface area contributed by atoms with E-state index in [1.54, 1.807) is 73.2 Å². The number of aromatic nitrogens is 2. The Kier molecular flexibility index (Phi) is 5.92. The number of amides is 1. The Labute approximate surface area is 201 Å². The molecule has 8 nitrogen and oxygen atoms in total. The number of hydrogen-bond donors (Lipinski definition) is 1. The molecule has 0 fully saturated rings. The maximum atomic E-state index is 12.6. The Morgan fingerprint density at radius 3 is 2.18 bits per heavy atom. The predicted molar refractivity (Wildman–Crippen MR) is 128 cm³/mol. The second kappa shape index (κ2) is 9.32. The normalized spacial score (nSPS) is 10.9. The van der Waals surface area contributed by atoms with Gasteiger partial charge in [0.25, 0.3) is 5.91 Å². The van der Waals surface area contributed by atoms with Crippen LogP contribution in [0.3, 0.4) is 0 Å². The maximum absolute atomic E-state index is 12.6. The molecule has 0 aliphatic carbocycles. The van der Waals surface area contributed by atoms with E-state index in [0.29, 0.717) is 39.6 Å². The zero-order chi connectivity index (χ0) is 23.5. The summed E-state index contributed by atoms with van der Waals surface area (Å²) in [7, 11) is 0. The van der Waals surface area contributed by atoms with Crippen molar-refractivity contribution < 1.29 is 23.2 Å². The van der Waals surface area contributed by atoms with Gasteiger partial charge in [0.05, 0.1) is 34.8 Å². The molecule has 0 saturated carbocycles. The highest BCUT2D eigenvalue weighted by atomic mass is 79.9. The Morgan fingerprint density at radius 1 is 0.853 bits per heavy atom. The predicted octanol–water partition coefficient (Wildman–Crippen LogP) is 5.71. The van der Waals surface area contributed by atoms with Crippen LogP contribution in [0.5, 0.6) is 0 Å². The summed E-state index contributed by atoms with van der Waals surface area (Å²) in [5.41, 5.74) is 2.85. The number of anilines is 1. The third kappa shape index (κ3) is 4.46. The Balaban J connectivity index is 1.38. The molecule has 0 atom stereocenters. The lowest BCUT2D eigenvalue weighted by molar-refractivity contribution is -0.119. The standard InChI is InChI=1S/C25H16BrN3O5/c26-16-5-1-2-6-17(16)27-22(30)14-34-25(31)15-9-10-18-19(13-15)29-24(21-8-4-12-33-21)23(28-18)20-7-3-11-32-20/h1-13H,14H2,(H,27,30). The van der Waals surface area contributed by atoms with Crippen molar-refractivity contribution in [1.29, 1.82) is 0 Å². The number of fused-ring (bicyclic) bond motifs is 1. The van der Waals surface area contributed by atoms with Crippen LogP contribution in [-0.2, 0) is 9.53 Å². The van der Waals surface area contributed by atoms with Crippen molar-refractivity contribution in [2.75, 3.05) is 11.9 Å². The first-order valence-electron chi connectivity index (χ1n) is 10.2. The number of rotatable bonds is 6. The minimum Gasteiger partial charge on any atom is -0.463 e. The largest absolute Gasteiger partial charge is 0.463 e. The van der Waals surface area contributed by atoms with Crippen molar-refractivity contribution in [3.8, 4) is 22.9 Å². The van der Waals surface area contributed by atoms with Crippen LogP contribution in [0, 0.1) is 0 Å². The fourth-order valence-corrected chi connectivity index (χ4v) is 3.70. The summed E-state index contributed by atoms with van der Waals surface area (Å²) >= 11 is 3.35. The number of carbonyl (C=O) groups excluding carboxylic acids is 2. The Hall–Kier alpha value is -4.24. The topological polar surface area (TPSA) is 107 Å². The second-order valence-corrected chi connectivity index (χ2v) is 8.04. The molecule has 0 radical (unpaired) electrons. The summed E-state index contributed by atoms with van der Waals surface area (Å²) in [4.78, 5) is 34.1. The lowest BCUT2D eigenvalue weighted by atomic mass is 10.1. The van der Waals surface area contributed by atoms with Crippen LogP contribution >= 0.6 is 15.9 Å². The lowest BCUT2D eigenvalue weighted by Crippen LogP contribution is -2.21. The number of nitrogens with one attached hydrogen (secondary N) is 1. The SMILES string of the molecule is O=C(COC(=O)c1ccc2nc(-c3ccco3)c(-c3ccco3)nc2c1)Nc1ccccc1Br. The summed E-state index contributed by atoms with van der Waals surface area (Å²) in [6.45, 7) is -0.432. The summed E-state index contributed by atoms with van der Waals surface area (Å²) in [6, 6.07) is 19.0. The van der Waals surface area contributed by atoms with Gasteiger partial charge in [0, 0.05) is 4.47 Å². The molecule has 0 unspecified atom stereocenters. The van der Waals surface area contributed by atoms with E-state index in [4.69, 9.17) is 13.6 Å². The van der Waals surface area contributed by atoms with E-state index < -0.39 is 18.5 Å². The van der Waals surface area contributed by atoms with Gasteiger partial charge in [-0.25, -0.2) is 14.8 Å². The monoisotopic (exact) mass is 517 g/mol. The highest BCUT2D eigenvalue weighted by Gasteiger charge is 2.19. The molecule has 9 heteroatoms. The van der Waals surface area contributed by atoms with E-state index in [1.807, 2.05) is 6.07 Å². The molecule has 0 saturated heterocycles. The zero-order valence-electron chi connectivity index (χ0n) is 17.5. The highest BCUT2D eigenvalue weighted by Crippen LogP contribution is 2.31. The van der Waals surface area contributed by atoms with Gasteiger partial charge in [-0.15, -0.1) is 0 Å². The van der Waals surface area contributed by atoms with Crippen LogP contribution in [0.4, 0.5) is 5.69 Å². The first kappa shape index (κ1) is 21.6. The Bertz CT molecular complexity index is 1480. The van der Waals surface area contributed by atoms with Crippen molar-refractivity contribution in [2.24, 2.45) is 0 Å². The van der Waals surface area contributed by atoms with E-state index >= 15 is 0 Å². The number of benzene rings is 2. The molecular weight excluding hydrogens is 502 g/mol. The molecule has 3 aromatic heterocycles. The van der Waals surface area contributed by atoms with Gasteiger partial charge in [0.2, 0.25) is 0 Å². The van der Waals surface area contributed by atoms with E-state index in [2.05, 4.69) is 31.2 Å². The molecule has 2 aromatic carbocycles. The van der Waals surface area contributed by atoms with Crippen molar-refractivity contribution in [1.82, 2.24) is 9.97 Å². The average Bonchev–Trinajstić information content (AvgIpc) is 3.57. The lowest BCUT2D eigenvalue weighted by Gasteiger charge is -2.09. The molecule has 3 heterocycles. The van der Waals surface area contributed by atoms with Crippen molar-refractivity contribution in [3.63, 3.8) is 0 Å². The second-order valence-electron chi connectivity index (χ2n) is 7.18. The molecule has 1 N–H and O–H groups in total. The third-order valence-electron chi connectivity index (χ3n) is 4.89. The van der Waals surface area contributed by atoms with Gasteiger partial charge in [-0.3, -0.25) is 4.79 Å². The third-order valence-corrected chi connectivity index (χ3v) is 5.58. The van der Waals surface area contributed by atoms with Gasteiger partial charge < -0.3 is 18.9 Å². The van der Waals surface area contributed by atoms with Crippen molar-refractivity contribution in [3.05, 3.63) is 89.3 Å². The quantitative estimate of drug-likeness (QED) is 0.287. The van der Waals surface area contributed by atoms with Crippen molar-refractivity contribution in [2.45, 2.75) is 0 Å². The van der Waals surface area contributed by atoms with E-state index in [9.17, 15) is 9.59 Å². The number of para-hydroxylation sites is 1. The van der Waals surface area contributed by atoms with E-state index in [1.165, 1.54) is 0 Å². The molecule has 0 aliphatic heterocycles.